The van der Waals surface area contributed by atoms with Gasteiger partial charge in [-0.15, -0.1) is 0 Å². The van der Waals surface area contributed by atoms with E-state index in [0.717, 1.165) is 4.90 Å². The van der Waals surface area contributed by atoms with Crippen molar-refractivity contribution in [2.24, 2.45) is 0 Å². The zero-order valence-corrected chi connectivity index (χ0v) is 16.8. The summed E-state index contributed by atoms with van der Waals surface area (Å²) in [5, 5.41) is 7.29. The Bertz CT molecular complexity index is 878. The van der Waals surface area contributed by atoms with Crippen LogP contribution in [0.1, 0.15) is 33.3 Å². The summed E-state index contributed by atoms with van der Waals surface area (Å²) in [6.07, 6.45) is 0. The highest BCUT2D eigenvalue weighted by Gasteiger charge is 2.50. The highest BCUT2D eigenvalue weighted by Crippen LogP contribution is 2.36. The Balaban J connectivity index is 1.72. The van der Waals surface area contributed by atoms with Gasteiger partial charge in [-0.3, -0.25) is 19.8 Å². The molecule has 0 aliphatic carbocycles. The zero-order chi connectivity index (χ0) is 21.4. The third kappa shape index (κ3) is 4.25. The van der Waals surface area contributed by atoms with E-state index >= 15 is 0 Å². The van der Waals surface area contributed by atoms with E-state index in [4.69, 9.17) is 9.47 Å². The molecular weight excluding hydrogens is 380 g/mol. The number of rotatable bonds is 3. The lowest BCUT2D eigenvalue weighted by molar-refractivity contribution is -0.134. The minimum absolute atomic E-state index is 0.385. The summed E-state index contributed by atoms with van der Waals surface area (Å²) in [5.74, 6) is -0.347. The summed E-state index contributed by atoms with van der Waals surface area (Å²) in [7, 11) is 0. The molecule has 29 heavy (non-hydrogen) atoms. The van der Waals surface area contributed by atoms with Crippen LogP contribution in [-0.4, -0.2) is 54.1 Å². The van der Waals surface area contributed by atoms with E-state index in [9.17, 15) is 19.2 Å². The number of amides is 6. The van der Waals surface area contributed by atoms with Gasteiger partial charge in [0.15, 0.2) is 11.5 Å². The van der Waals surface area contributed by atoms with Crippen LogP contribution in [-0.2, 0) is 15.1 Å². The van der Waals surface area contributed by atoms with E-state index in [2.05, 4.69) is 16.0 Å². The second-order valence-electron chi connectivity index (χ2n) is 8.06. The van der Waals surface area contributed by atoms with E-state index < -0.39 is 41.5 Å². The van der Waals surface area contributed by atoms with E-state index in [-0.39, 0.29) is 0 Å². The maximum Gasteiger partial charge on any atom is 0.325 e. The summed E-state index contributed by atoms with van der Waals surface area (Å²) in [5.41, 5.74) is -1.42. The van der Waals surface area contributed by atoms with Gasteiger partial charge in [-0.05, 0) is 45.4 Å². The number of hydrogen-bond donors (Lipinski definition) is 3. The minimum Gasteiger partial charge on any atom is -0.486 e. The topological polar surface area (TPSA) is 126 Å². The lowest BCUT2D eigenvalue weighted by Gasteiger charge is -2.25. The van der Waals surface area contributed by atoms with Crippen molar-refractivity contribution in [3.8, 4) is 11.5 Å². The SMILES string of the molecule is CC(C)(C)NC(=O)NC(=O)CN1C(=O)N[C@](C)(c2ccc3c(c2)OCCO3)C1=O. The smallest absolute Gasteiger partial charge is 0.325 e. The van der Waals surface area contributed by atoms with Crippen LogP contribution >= 0.6 is 0 Å². The summed E-state index contributed by atoms with van der Waals surface area (Å²) >= 11 is 0. The Hall–Kier alpha value is -3.30. The van der Waals surface area contributed by atoms with Crippen molar-refractivity contribution in [1.29, 1.82) is 0 Å². The Morgan fingerprint density at radius 1 is 1.17 bits per heavy atom. The largest absolute Gasteiger partial charge is 0.486 e. The maximum atomic E-state index is 12.9. The number of imide groups is 2. The number of hydrogen-bond acceptors (Lipinski definition) is 6. The van der Waals surface area contributed by atoms with E-state index in [1.54, 1.807) is 45.9 Å². The van der Waals surface area contributed by atoms with Crippen LogP contribution in [0.4, 0.5) is 9.59 Å². The molecule has 0 bridgehead atoms. The van der Waals surface area contributed by atoms with Gasteiger partial charge in [0.2, 0.25) is 5.91 Å². The van der Waals surface area contributed by atoms with Gasteiger partial charge in [0.25, 0.3) is 5.91 Å². The van der Waals surface area contributed by atoms with Crippen LogP contribution in [0.3, 0.4) is 0 Å². The number of fused-ring (bicyclic) bond motifs is 1. The molecule has 0 aromatic heterocycles. The molecule has 1 aromatic rings. The highest BCUT2D eigenvalue weighted by atomic mass is 16.6. The fourth-order valence-electron chi connectivity index (χ4n) is 3.07. The number of carbonyl (C=O) groups excluding carboxylic acids is 4. The van der Waals surface area contributed by atoms with E-state index in [0.29, 0.717) is 30.3 Å². The number of nitrogens with zero attached hydrogens (tertiary/aromatic N) is 1. The van der Waals surface area contributed by atoms with Gasteiger partial charge in [0, 0.05) is 5.54 Å². The number of urea groups is 2. The summed E-state index contributed by atoms with van der Waals surface area (Å²) < 4.78 is 11.0. The predicted molar refractivity (Wildman–Crippen MR) is 101 cm³/mol. The molecule has 0 saturated carbocycles. The molecule has 2 heterocycles. The van der Waals surface area contributed by atoms with Gasteiger partial charge >= 0.3 is 12.1 Å². The van der Waals surface area contributed by atoms with Crippen molar-refractivity contribution in [3.63, 3.8) is 0 Å². The normalized spacial score (nSPS) is 20.9. The monoisotopic (exact) mass is 404 g/mol. The average molecular weight is 404 g/mol. The zero-order valence-electron chi connectivity index (χ0n) is 16.8. The Kier molecular flexibility index (Phi) is 5.12. The molecule has 1 aromatic carbocycles. The molecule has 10 heteroatoms. The molecule has 1 saturated heterocycles. The lowest BCUT2D eigenvalue weighted by atomic mass is 9.91. The molecule has 156 valence electrons. The van der Waals surface area contributed by atoms with E-state index in [1.807, 2.05) is 0 Å². The fourth-order valence-corrected chi connectivity index (χ4v) is 3.07. The van der Waals surface area contributed by atoms with Crippen molar-refractivity contribution in [2.75, 3.05) is 19.8 Å². The van der Waals surface area contributed by atoms with Gasteiger partial charge in [0.1, 0.15) is 25.3 Å². The first-order valence-electron chi connectivity index (χ1n) is 9.16. The van der Waals surface area contributed by atoms with Crippen LogP contribution in [0.15, 0.2) is 18.2 Å². The number of benzene rings is 1. The second-order valence-corrected chi connectivity index (χ2v) is 8.06. The lowest BCUT2D eigenvalue weighted by Crippen LogP contribution is -2.51. The molecule has 2 aliphatic rings. The Labute approximate surface area is 167 Å². The first kappa shape index (κ1) is 20.4. The maximum absolute atomic E-state index is 12.9. The minimum atomic E-state index is -1.37. The van der Waals surface area contributed by atoms with Gasteiger partial charge in [-0.2, -0.15) is 0 Å². The number of carbonyl (C=O) groups is 4. The number of nitrogens with one attached hydrogen (secondary N) is 3. The third-order valence-corrected chi connectivity index (χ3v) is 4.44. The van der Waals surface area contributed by atoms with Crippen molar-refractivity contribution in [3.05, 3.63) is 23.8 Å². The second kappa shape index (κ2) is 7.26. The molecule has 10 nitrogen and oxygen atoms in total. The molecule has 0 unspecified atom stereocenters. The fraction of sp³-hybridized carbons (Fsp3) is 0.474. The molecule has 3 N–H and O–H groups in total. The molecule has 1 atom stereocenters. The molecular formula is C19H24N4O6. The van der Waals surface area contributed by atoms with Gasteiger partial charge < -0.3 is 20.1 Å². The average Bonchev–Trinajstić information content (AvgIpc) is 2.83. The first-order chi connectivity index (χ1) is 13.5. The van der Waals surface area contributed by atoms with Crippen LogP contribution in [0.5, 0.6) is 11.5 Å². The van der Waals surface area contributed by atoms with Gasteiger partial charge in [-0.25, -0.2) is 9.59 Å². The standard InChI is InChI=1S/C19H24N4O6/c1-18(2,3)21-16(26)20-14(24)10-23-15(25)19(4,22-17(23)27)11-5-6-12-13(9-11)29-8-7-28-12/h5-6,9H,7-8,10H2,1-4H3,(H,22,27)(H2,20,21,24,26)/t19-/m1/s1. The molecule has 0 radical (unpaired) electrons. The van der Waals surface area contributed by atoms with Crippen LogP contribution in [0, 0.1) is 0 Å². The summed E-state index contributed by atoms with van der Waals surface area (Å²) in [6, 6.07) is 3.53. The first-order valence-corrected chi connectivity index (χ1v) is 9.16. The highest BCUT2D eigenvalue weighted by molar-refractivity contribution is 6.10. The van der Waals surface area contributed by atoms with Crippen molar-refractivity contribution >= 4 is 23.9 Å². The predicted octanol–water partition coefficient (Wildman–Crippen LogP) is 0.849. The van der Waals surface area contributed by atoms with Crippen LogP contribution in [0.2, 0.25) is 0 Å². The number of ether oxygens (including phenoxy) is 2. The summed E-state index contributed by atoms with van der Waals surface area (Å²) in [6.45, 7) is 7.06. The van der Waals surface area contributed by atoms with Gasteiger partial charge in [-0.1, -0.05) is 6.07 Å². The Morgan fingerprint density at radius 2 is 1.83 bits per heavy atom. The molecule has 6 amide bonds. The summed E-state index contributed by atoms with van der Waals surface area (Å²) in [4.78, 5) is 50.1. The van der Waals surface area contributed by atoms with Crippen molar-refractivity contribution < 1.29 is 28.7 Å². The van der Waals surface area contributed by atoms with E-state index in [1.165, 1.54) is 0 Å². The third-order valence-electron chi connectivity index (χ3n) is 4.44. The van der Waals surface area contributed by atoms with Crippen molar-refractivity contribution in [2.45, 2.75) is 38.8 Å². The molecule has 0 spiro atoms. The van der Waals surface area contributed by atoms with Crippen LogP contribution < -0.4 is 25.4 Å². The molecule has 3 rings (SSSR count). The molecule has 1 fully saturated rings. The van der Waals surface area contributed by atoms with Crippen LogP contribution in [0.25, 0.3) is 0 Å². The molecule has 2 aliphatic heterocycles. The Morgan fingerprint density at radius 3 is 2.48 bits per heavy atom. The quantitative estimate of drug-likeness (QED) is 0.641. The van der Waals surface area contributed by atoms with Crippen molar-refractivity contribution in [1.82, 2.24) is 20.9 Å². The van der Waals surface area contributed by atoms with Gasteiger partial charge in [0.05, 0.1) is 0 Å².